The Labute approximate surface area is 173 Å². The number of carbonyl (C=O) groups excluding carboxylic acids is 1. The fraction of sp³-hybridized carbons (Fsp3) is 0.591. The maximum Gasteiger partial charge on any atom is 0.222 e. The summed E-state index contributed by atoms with van der Waals surface area (Å²) in [6, 6.07) is 8.25. The molecule has 1 aromatic heterocycles. The first kappa shape index (κ1) is 21.3. The molecule has 1 saturated heterocycles. The van der Waals surface area contributed by atoms with E-state index in [4.69, 9.17) is 4.74 Å². The van der Waals surface area contributed by atoms with Gasteiger partial charge in [-0.2, -0.15) is 5.10 Å². The number of aromatic nitrogens is 3. The van der Waals surface area contributed by atoms with Gasteiger partial charge in [0.2, 0.25) is 5.91 Å². The van der Waals surface area contributed by atoms with E-state index in [1.807, 2.05) is 24.1 Å². The van der Waals surface area contributed by atoms with Crippen molar-refractivity contribution in [3.05, 3.63) is 42.5 Å². The van der Waals surface area contributed by atoms with Crippen LogP contribution in [-0.2, 0) is 17.8 Å². The Morgan fingerprint density at radius 2 is 2.17 bits per heavy atom. The molecular formula is C22H33N5O2. The third-order valence-corrected chi connectivity index (χ3v) is 5.70. The van der Waals surface area contributed by atoms with Gasteiger partial charge in [0.05, 0.1) is 7.11 Å². The van der Waals surface area contributed by atoms with Crippen molar-refractivity contribution in [2.45, 2.75) is 38.6 Å². The van der Waals surface area contributed by atoms with Crippen molar-refractivity contribution in [2.75, 3.05) is 40.3 Å². The Kier molecular flexibility index (Phi) is 8.04. The maximum absolute atomic E-state index is 12.5. The molecule has 1 aromatic carbocycles. The van der Waals surface area contributed by atoms with Crippen LogP contribution in [0.3, 0.4) is 0 Å². The number of hydrogen-bond acceptors (Lipinski definition) is 5. The van der Waals surface area contributed by atoms with Crippen LogP contribution in [-0.4, -0.2) is 70.8 Å². The SMILES string of the molecule is COc1ccccc1CCN1CCC[C@H](CN(C)C(=O)CCCn2cncn2)C1. The molecule has 0 saturated carbocycles. The molecule has 3 rings (SSSR count). The van der Waals surface area contributed by atoms with Crippen LogP contribution in [0.4, 0.5) is 0 Å². The van der Waals surface area contributed by atoms with Crippen molar-refractivity contribution in [3.63, 3.8) is 0 Å². The fourth-order valence-corrected chi connectivity index (χ4v) is 4.11. The minimum atomic E-state index is 0.219. The Balaban J connectivity index is 1.39. The van der Waals surface area contributed by atoms with Gasteiger partial charge < -0.3 is 14.5 Å². The number of ether oxygens (including phenoxy) is 1. The van der Waals surface area contributed by atoms with E-state index in [2.05, 4.69) is 27.1 Å². The molecule has 1 aliphatic heterocycles. The van der Waals surface area contributed by atoms with Gasteiger partial charge in [-0.3, -0.25) is 9.48 Å². The maximum atomic E-state index is 12.5. The smallest absolute Gasteiger partial charge is 0.222 e. The van der Waals surface area contributed by atoms with Crippen LogP contribution >= 0.6 is 0 Å². The molecule has 158 valence electrons. The number of amides is 1. The first-order valence-electron chi connectivity index (χ1n) is 10.6. The number of likely N-dealkylation sites (tertiary alicyclic amines) is 1. The average molecular weight is 400 g/mol. The Morgan fingerprint density at radius 3 is 2.97 bits per heavy atom. The van der Waals surface area contributed by atoms with Gasteiger partial charge in [-0.05, 0) is 49.8 Å². The molecule has 1 fully saturated rings. The van der Waals surface area contributed by atoms with Gasteiger partial charge in [0.1, 0.15) is 18.4 Å². The number of rotatable bonds is 10. The predicted octanol–water partition coefficient (Wildman–Crippen LogP) is 2.48. The average Bonchev–Trinajstić information content (AvgIpc) is 3.26. The second-order valence-corrected chi connectivity index (χ2v) is 7.91. The number of carbonyl (C=O) groups is 1. The van der Waals surface area contributed by atoms with Gasteiger partial charge >= 0.3 is 0 Å². The van der Waals surface area contributed by atoms with Crippen LogP contribution in [0.25, 0.3) is 0 Å². The highest BCUT2D eigenvalue weighted by atomic mass is 16.5. The van der Waals surface area contributed by atoms with Crippen LogP contribution in [0.1, 0.15) is 31.2 Å². The number of para-hydroxylation sites is 1. The summed E-state index contributed by atoms with van der Waals surface area (Å²) < 4.78 is 7.24. The number of aryl methyl sites for hydroxylation is 1. The number of methoxy groups -OCH3 is 1. The fourth-order valence-electron chi connectivity index (χ4n) is 4.11. The molecule has 0 radical (unpaired) electrons. The first-order chi connectivity index (χ1) is 14.2. The van der Waals surface area contributed by atoms with Crippen LogP contribution in [0.5, 0.6) is 5.75 Å². The third-order valence-electron chi connectivity index (χ3n) is 5.70. The van der Waals surface area contributed by atoms with E-state index >= 15 is 0 Å². The third kappa shape index (κ3) is 6.56. The summed E-state index contributed by atoms with van der Waals surface area (Å²) in [6.45, 7) is 4.81. The van der Waals surface area contributed by atoms with E-state index in [0.717, 1.165) is 51.3 Å². The lowest BCUT2D eigenvalue weighted by molar-refractivity contribution is -0.130. The standard InChI is InChI=1S/C22H33N5O2/c1-25(22(28)10-6-13-27-18-23-17-24-27)15-19-7-5-12-26(16-19)14-11-20-8-3-4-9-21(20)29-2/h3-4,8-9,17-19H,5-7,10-16H2,1-2H3/t19-/m1/s1. The Bertz CT molecular complexity index is 749. The first-order valence-corrected chi connectivity index (χ1v) is 10.6. The molecule has 0 N–H and O–H groups in total. The van der Waals surface area contributed by atoms with E-state index < -0.39 is 0 Å². The van der Waals surface area contributed by atoms with E-state index in [-0.39, 0.29) is 5.91 Å². The highest BCUT2D eigenvalue weighted by Gasteiger charge is 2.22. The number of piperidine rings is 1. The molecular weight excluding hydrogens is 366 g/mol. The van der Waals surface area contributed by atoms with E-state index in [1.54, 1.807) is 18.1 Å². The van der Waals surface area contributed by atoms with Gasteiger partial charge in [0, 0.05) is 39.6 Å². The highest BCUT2D eigenvalue weighted by molar-refractivity contribution is 5.75. The molecule has 2 heterocycles. The monoisotopic (exact) mass is 399 g/mol. The lowest BCUT2D eigenvalue weighted by Gasteiger charge is -2.35. The molecule has 1 aliphatic rings. The van der Waals surface area contributed by atoms with Crippen molar-refractivity contribution in [1.29, 1.82) is 0 Å². The quantitative estimate of drug-likeness (QED) is 0.614. The summed E-state index contributed by atoms with van der Waals surface area (Å²) in [5.74, 6) is 1.74. The molecule has 0 spiro atoms. The lowest BCUT2D eigenvalue weighted by Crippen LogP contribution is -2.42. The van der Waals surface area contributed by atoms with Gasteiger partial charge in [0.15, 0.2) is 0 Å². The van der Waals surface area contributed by atoms with Crippen LogP contribution in [0, 0.1) is 5.92 Å². The van der Waals surface area contributed by atoms with Crippen molar-refractivity contribution in [2.24, 2.45) is 5.92 Å². The molecule has 0 bridgehead atoms. The zero-order valence-corrected chi connectivity index (χ0v) is 17.7. The minimum Gasteiger partial charge on any atom is -0.496 e. The molecule has 7 heteroatoms. The van der Waals surface area contributed by atoms with Crippen molar-refractivity contribution in [1.82, 2.24) is 24.6 Å². The van der Waals surface area contributed by atoms with Crippen LogP contribution in [0.15, 0.2) is 36.9 Å². The molecule has 29 heavy (non-hydrogen) atoms. The summed E-state index contributed by atoms with van der Waals surface area (Å²) in [6.07, 6.45) is 7.95. The topological polar surface area (TPSA) is 63.5 Å². The van der Waals surface area contributed by atoms with Crippen molar-refractivity contribution in [3.8, 4) is 5.75 Å². The second kappa shape index (κ2) is 11.0. The summed E-state index contributed by atoms with van der Waals surface area (Å²) in [5, 5.41) is 4.08. The summed E-state index contributed by atoms with van der Waals surface area (Å²) >= 11 is 0. The summed E-state index contributed by atoms with van der Waals surface area (Å²) in [7, 11) is 3.67. The Hall–Kier alpha value is -2.41. The Morgan fingerprint density at radius 1 is 1.31 bits per heavy atom. The van der Waals surface area contributed by atoms with Gasteiger partial charge in [-0.1, -0.05) is 18.2 Å². The van der Waals surface area contributed by atoms with Crippen LogP contribution < -0.4 is 4.74 Å². The van der Waals surface area contributed by atoms with E-state index in [1.165, 1.54) is 24.7 Å². The normalized spacial score (nSPS) is 17.2. The molecule has 2 aromatic rings. The minimum absolute atomic E-state index is 0.219. The molecule has 0 aliphatic carbocycles. The second-order valence-electron chi connectivity index (χ2n) is 7.91. The number of hydrogen-bond donors (Lipinski definition) is 0. The van der Waals surface area contributed by atoms with Gasteiger partial charge in [-0.15, -0.1) is 0 Å². The van der Waals surface area contributed by atoms with Crippen LogP contribution in [0.2, 0.25) is 0 Å². The molecule has 1 atom stereocenters. The van der Waals surface area contributed by atoms with E-state index in [0.29, 0.717) is 12.3 Å². The highest BCUT2D eigenvalue weighted by Crippen LogP contribution is 2.21. The zero-order valence-electron chi connectivity index (χ0n) is 17.7. The molecule has 0 unspecified atom stereocenters. The van der Waals surface area contributed by atoms with Gasteiger partial charge in [-0.25, -0.2) is 4.98 Å². The molecule has 7 nitrogen and oxygen atoms in total. The zero-order chi connectivity index (χ0) is 20.5. The van der Waals surface area contributed by atoms with E-state index in [9.17, 15) is 4.79 Å². The summed E-state index contributed by atoms with van der Waals surface area (Å²) in [5.41, 5.74) is 1.26. The number of benzene rings is 1. The summed E-state index contributed by atoms with van der Waals surface area (Å²) in [4.78, 5) is 20.8. The lowest BCUT2D eigenvalue weighted by atomic mass is 9.97. The van der Waals surface area contributed by atoms with Crippen molar-refractivity contribution >= 4 is 5.91 Å². The molecule has 1 amide bonds. The largest absolute Gasteiger partial charge is 0.496 e. The number of nitrogens with zero attached hydrogens (tertiary/aromatic N) is 5. The van der Waals surface area contributed by atoms with Crippen molar-refractivity contribution < 1.29 is 9.53 Å². The van der Waals surface area contributed by atoms with Gasteiger partial charge in [0.25, 0.3) is 0 Å². The predicted molar refractivity (Wildman–Crippen MR) is 113 cm³/mol.